The van der Waals surface area contributed by atoms with E-state index in [-0.39, 0.29) is 11.3 Å². The smallest absolute Gasteiger partial charge is 0.339 e. The molecule has 0 aliphatic heterocycles. The van der Waals surface area contributed by atoms with Crippen molar-refractivity contribution in [2.24, 2.45) is 0 Å². The van der Waals surface area contributed by atoms with Gasteiger partial charge in [0.05, 0.1) is 18.4 Å². The largest absolute Gasteiger partial charge is 0.465 e. The summed E-state index contributed by atoms with van der Waals surface area (Å²) in [4.78, 5) is 59.6. The Morgan fingerprint density at radius 3 is 2.58 bits per heavy atom. The first kappa shape index (κ1) is 18.6. The SMILES string of the molecule is COC(=O)c1ccccc1NC(=O)COC(=O)Cn1ccc(=O)[nH]c1=O. The van der Waals surface area contributed by atoms with E-state index in [0.717, 1.165) is 16.8 Å². The van der Waals surface area contributed by atoms with E-state index in [1.807, 2.05) is 4.98 Å². The van der Waals surface area contributed by atoms with Gasteiger partial charge in [0.15, 0.2) is 6.61 Å². The topological polar surface area (TPSA) is 137 Å². The highest BCUT2D eigenvalue weighted by Crippen LogP contribution is 2.15. The third kappa shape index (κ3) is 4.90. The van der Waals surface area contributed by atoms with Crippen molar-refractivity contribution in [3.8, 4) is 0 Å². The number of ether oxygens (including phenoxy) is 2. The van der Waals surface area contributed by atoms with Crippen LogP contribution in [0.2, 0.25) is 0 Å². The van der Waals surface area contributed by atoms with Gasteiger partial charge in [-0.3, -0.25) is 23.9 Å². The second-order valence-corrected chi connectivity index (χ2v) is 4.98. The number of aromatic amines is 1. The maximum Gasteiger partial charge on any atom is 0.339 e. The zero-order valence-corrected chi connectivity index (χ0v) is 13.7. The summed E-state index contributed by atoms with van der Waals surface area (Å²) in [6, 6.07) is 7.24. The van der Waals surface area contributed by atoms with E-state index in [2.05, 4.69) is 10.1 Å². The Balaban J connectivity index is 1.93. The van der Waals surface area contributed by atoms with Gasteiger partial charge in [-0.1, -0.05) is 12.1 Å². The van der Waals surface area contributed by atoms with Crippen LogP contribution in [0.15, 0.2) is 46.1 Å². The average Bonchev–Trinajstić information content (AvgIpc) is 2.62. The van der Waals surface area contributed by atoms with Crippen LogP contribution in [0.1, 0.15) is 10.4 Å². The predicted octanol–water partition coefficient (Wildman–Crippen LogP) is -0.495. The number of para-hydroxylation sites is 1. The number of aromatic nitrogens is 2. The Morgan fingerprint density at radius 2 is 1.88 bits per heavy atom. The zero-order valence-electron chi connectivity index (χ0n) is 13.7. The molecule has 0 spiro atoms. The standard InChI is InChI=1S/C16H15N3O7/c1-25-15(23)10-4-2-3-5-11(10)17-13(21)9-26-14(22)8-19-7-6-12(20)18-16(19)24/h2-7H,8-9H2,1H3,(H,17,21)(H,18,20,24). The van der Waals surface area contributed by atoms with Gasteiger partial charge in [0.2, 0.25) is 0 Å². The molecule has 26 heavy (non-hydrogen) atoms. The summed E-state index contributed by atoms with van der Waals surface area (Å²) in [5.74, 6) is -2.16. The van der Waals surface area contributed by atoms with Gasteiger partial charge in [0, 0.05) is 12.3 Å². The minimum absolute atomic E-state index is 0.148. The minimum Gasteiger partial charge on any atom is -0.465 e. The number of methoxy groups -OCH3 is 1. The van der Waals surface area contributed by atoms with Gasteiger partial charge >= 0.3 is 17.6 Å². The lowest BCUT2D eigenvalue weighted by atomic mass is 10.2. The molecule has 10 nitrogen and oxygen atoms in total. The quantitative estimate of drug-likeness (QED) is 0.662. The van der Waals surface area contributed by atoms with Gasteiger partial charge in [-0.15, -0.1) is 0 Å². The van der Waals surface area contributed by atoms with E-state index >= 15 is 0 Å². The third-order valence-corrected chi connectivity index (χ3v) is 3.17. The highest BCUT2D eigenvalue weighted by atomic mass is 16.5. The summed E-state index contributed by atoms with van der Waals surface area (Å²) in [5.41, 5.74) is -1.01. The van der Waals surface area contributed by atoms with E-state index in [0.29, 0.717) is 0 Å². The molecular weight excluding hydrogens is 346 g/mol. The van der Waals surface area contributed by atoms with Gasteiger partial charge in [0.25, 0.3) is 11.5 Å². The predicted molar refractivity (Wildman–Crippen MR) is 88.7 cm³/mol. The number of hydrogen-bond acceptors (Lipinski definition) is 7. The van der Waals surface area contributed by atoms with Crippen LogP contribution in [0.3, 0.4) is 0 Å². The molecule has 0 bridgehead atoms. The molecule has 2 N–H and O–H groups in total. The Morgan fingerprint density at radius 1 is 1.15 bits per heavy atom. The first-order valence-electron chi connectivity index (χ1n) is 7.33. The van der Waals surface area contributed by atoms with Crippen LogP contribution in [-0.4, -0.2) is 41.1 Å². The normalized spacial score (nSPS) is 10.0. The molecule has 1 aromatic carbocycles. The summed E-state index contributed by atoms with van der Waals surface area (Å²) >= 11 is 0. The molecular formula is C16H15N3O7. The van der Waals surface area contributed by atoms with Gasteiger partial charge in [-0.25, -0.2) is 9.59 Å². The first-order chi connectivity index (χ1) is 12.4. The first-order valence-corrected chi connectivity index (χ1v) is 7.33. The maximum atomic E-state index is 11.9. The summed E-state index contributed by atoms with van der Waals surface area (Å²) in [5, 5.41) is 2.43. The van der Waals surface area contributed by atoms with Crippen LogP contribution < -0.4 is 16.6 Å². The number of nitrogens with zero attached hydrogens (tertiary/aromatic N) is 1. The third-order valence-electron chi connectivity index (χ3n) is 3.17. The molecule has 2 aromatic rings. The molecule has 0 unspecified atom stereocenters. The number of carbonyl (C=O) groups excluding carboxylic acids is 3. The van der Waals surface area contributed by atoms with E-state index in [1.165, 1.54) is 19.2 Å². The summed E-state index contributed by atoms with van der Waals surface area (Å²) in [6.45, 7) is -1.09. The highest BCUT2D eigenvalue weighted by Gasteiger charge is 2.14. The van der Waals surface area contributed by atoms with E-state index in [1.54, 1.807) is 12.1 Å². The van der Waals surface area contributed by atoms with Crippen molar-refractivity contribution in [2.45, 2.75) is 6.54 Å². The average molecular weight is 361 g/mol. The van der Waals surface area contributed by atoms with Crippen molar-refractivity contribution >= 4 is 23.5 Å². The molecule has 0 fully saturated rings. The molecule has 10 heteroatoms. The second kappa shape index (κ2) is 8.42. The van der Waals surface area contributed by atoms with Crippen molar-refractivity contribution < 1.29 is 23.9 Å². The van der Waals surface area contributed by atoms with Gasteiger partial charge in [-0.2, -0.15) is 0 Å². The number of hydrogen-bond donors (Lipinski definition) is 2. The number of carbonyl (C=O) groups is 3. The number of benzene rings is 1. The molecule has 136 valence electrons. The number of H-pyrrole nitrogens is 1. The fourth-order valence-electron chi connectivity index (χ4n) is 1.97. The molecule has 0 radical (unpaired) electrons. The van der Waals surface area contributed by atoms with Crippen LogP contribution in [0.5, 0.6) is 0 Å². The van der Waals surface area contributed by atoms with Crippen LogP contribution in [0, 0.1) is 0 Å². The minimum atomic E-state index is -0.851. The number of anilines is 1. The molecule has 1 aromatic heterocycles. The molecule has 2 rings (SSSR count). The molecule has 1 amide bonds. The monoisotopic (exact) mass is 361 g/mol. The number of amides is 1. The summed E-state index contributed by atoms with van der Waals surface area (Å²) in [7, 11) is 1.21. The molecule has 0 aliphatic carbocycles. The second-order valence-electron chi connectivity index (χ2n) is 4.98. The van der Waals surface area contributed by atoms with Crippen LogP contribution in [0.25, 0.3) is 0 Å². The lowest BCUT2D eigenvalue weighted by Gasteiger charge is -2.10. The number of rotatable bonds is 6. The van der Waals surface area contributed by atoms with Crippen LogP contribution in [0.4, 0.5) is 5.69 Å². The molecule has 0 saturated heterocycles. The summed E-state index contributed by atoms with van der Waals surface area (Å²) in [6.07, 6.45) is 1.13. The van der Waals surface area contributed by atoms with Gasteiger partial charge in [0.1, 0.15) is 6.54 Å². The Kier molecular flexibility index (Phi) is 6.04. The Labute approximate surface area is 146 Å². The van der Waals surface area contributed by atoms with Crippen molar-refractivity contribution in [1.29, 1.82) is 0 Å². The zero-order chi connectivity index (χ0) is 19.1. The van der Waals surface area contributed by atoms with E-state index in [9.17, 15) is 24.0 Å². The Bertz CT molecular complexity index is 945. The molecule has 0 saturated carbocycles. The highest BCUT2D eigenvalue weighted by molar-refractivity contribution is 6.01. The van der Waals surface area contributed by atoms with Crippen molar-refractivity contribution in [1.82, 2.24) is 9.55 Å². The van der Waals surface area contributed by atoms with Crippen molar-refractivity contribution in [2.75, 3.05) is 19.0 Å². The molecule has 1 heterocycles. The fraction of sp³-hybridized carbons (Fsp3) is 0.188. The van der Waals surface area contributed by atoms with Crippen LogP contribution in [-0.2, 0) is 25.6 Å². The molecule has 0 aliphatic rings. The molecule has 0 atom stereocenters. The lowest BCUT2D eigenvalue weighted by molar-refractivity contribution is -0.148. The van der Waals surface area contributed by atoms with Crippen molar-refractivity contribution in [3.05, 3.63) is 62.9 Å². The summed E-state index contributed by atoms with van der Waals surface area (Å²) < 4.78 is 10.3. The number of nitrogens with one attached hydrogen (secondary N) is 2. The lowest BCUT2D eigenvalue weighted by Crippen LogP contribution is -2.32. The maximum absolute atomic E-state index is 11.9. The number of esters is 2. The van der Waals surface area contributed by atoms with Gasteiger partial charge < -0.3 is 14.8 Å². The fourth-order valence-corrected chi connectivity index (χ4v) is 1.97. The van der Waals surface area contributed by atoms with Gasteiger partial charge in [-0.05, 0) is 12.1 Å². The van der Waals surface area contributed by atoms with E-state index < -0.39 is 42.2 Å². The Hall–Kier alpha value is -3.69. The van der Waals surface area contributed by atoms with E-state index in [4.69, 9.17) is 4.74 Å². The van der Waals surface area contributed by atoms with Crippen molar-refractivity contribution in [3.63, 3.8) is 0 Å². The van der Waals surface area contributed by atoms with Crippen LogP contribution >= 0.6 is 0 Å².